The third kappa shape index (κ3) is 3.69. The van der Waals surface area contributed by atoms with Crippen LogP contribution < -0.4 is 4.74 Å². The van der Waals surface area contributed by atoms with Gasteiger partial charge < -0.3 is 9.84 Å². The van der Waals surface area contributed by atoms with E-state index < -0.39 is 5.60 Å². The maximum Gasteiger partial charge on any atom is 0.122 e. The molecule has 0 fully saturated rings. The van der Waals surface area contributed by atoms with E-state index in [-0.39, 0.29) is 0 Å². The van der Waals surface area contributed by atoms with Crippen molar-refractivity contribution in [3.05, 3.63) is 70.4 Å². The molecular weight excluding hydrogens is 322 g/mol. The SMILES string of the molecule is Cc1nc2cc(OCc3cccc(Cl)c3)ccc2cc1C(C)(C)O. The smallest absolute Gasteiger partial charge is 0.122 e. The molecule has 0 atom stereocenters. The molecule has 0 aliphatic rings. The summed E-state index contributed by atoms with van der Waals surface area (Å²) >= 11 is 5.99. The second kappa shape index (κ2) is 6.42. The van der Waals surface area contributed by atoms with Crippen LogP contribution in [-0.4, -0.2) is 10.1 Å². The highest BCUT2D eigenvalue weighted by Crippen LogP contribution is 2.28. The van der Waals surface area contributed by atoms with Gasteiger partial charge in [-0.1, -0.05) is 23.7 Å². The van der Waals surface area contributed by atoms with Gasteiger partial charge in [-0.2, -0.15) is 0 Å². The van der Waals surface area contributed by atoms with E-state index in [0.29, 0.717) is 11.6 Å². The third-order valence-electron chi connectivity index (χ3n) is 3.93. The maximum absolute atomic E-state index is 10.2. The van der Waals surface area contributed by atoms with Crippen LogP contribution in [0, 0.1) is 6.92 Å². The van der Waals surface area contributed by atoms with Gasteiger partial charge in [0.1, 0.15) is 12.4 Å². The summed E-state index contributed by atoms with van der Waals surface area (Å²) in [6.07, 6.45) is 0. The number of nitrogens with zero attached hydrogens (tertiary/aromatic N) is 1. The molecule has 2 aromatic carbocycles. The molecule has 3 rings (SSSR count). The molecule has 0 spiro atoms. The highest BCUT2D eigenvalue weighted by atomic mass is 35.5. The van der Waals surface area contributed by atoms with Gasteiger partial charge >= 0.3 is 0 Å². The van der Waals surface area contributed by atoms with Crippen LogP contribution in [0.5, 0.6) is 5.75 Å². The Morgan fingerprint density at radius 1 is 1.12 bits per heavy atom. The lowest BCUT2D eigenvalue weighted by atomic mass is 9.95. The first-order valence-electron chi connectivity index (χ1n) is 7.84. The predicted molar refractivity (Wildman–Crippen MR) is 97.5 cm³/mol. The van der Waals surface area contributed by atoms with E-state index in [4.69, 9.17) is 16.3 Å². The van der Waals surface area contributed by atoms with Crippen LogP contribution in [0.15, 0.2) is 48.5 Å². The molecule has 0 aliphatic heterocycles. The van der Waals surface area contributed by atoms with Crippen molar-refractivity contribution in [2.45, 2.75) is 33.0 Å². The van der Waals surface area contributed by atoms with Gasteiger partial charge in [0.15, 0.2) is 0 Å². The van der Waals surface area contributed by atoms with Crippen molar-refractivity contribution in [3.8, 4) is 5.75 Å². The zero-order valence-electron chi connectivity index (χ0n) is 14.0. The summed E-state index contributed by atoms with van der Waals surface area (Å²) in [5.41, 5.74) is 2.62. The molecule has 1 N–H and O–H groups in total. The van der Waals surface area contributed by atoms with Crippen molar-refractivity contribution in [3.63, 3.8) is 0 Å². The number of halogens is 1. The Morgan fingerprint density at radius 3 is 2.62 bits per heavy atom. The third-order valence-corrected chi connectivity index (χ3v) is 4.17. The normalized spacial score (nSPS) is 11.7. The number of ether oxygens (including phenoxy) is 1. The fourth-order valence-corrected chi connectivity index (χ4v) is 2.96. The summed E-state index contributed by atoms with van der Waals surface area (Å²) in [7, 11) is 0. The Morgan fingerprint density at radius 2 is 1.92 bits per heavy atom. The van der Waals surface area contributed by atoms with Crippen molar-refractivity contribution in [1.29, 1.82) is 0 Å². The summed E-state index contributed by atoms with van der Waals surface area (Å²) in [4.78, 5) is 4.61. The van der Waals surface area contributed by atoms with Crippen molar-refractivity contribution < 1.29 is 9.84 Å². The van der Waals surface area contributed by atoms with E-state index in [1.165, 1.54) is 0 Å². The summed E-state index contributed by atoms with van der Waals surface area (Å²) in [5, 5.41) is 11.9. The lowest BCUT2D eigenvalue weighted by Crippen LogP contribution is -2.17. The molecule has 0 unspecified atom stereocenters. The minimum Gasteiger partial charge on any atom is -0.489 e. The van der Waals surface area contributed by atoms with E-state index in [2.05, 4.69) is 4.98 Å². The monoisotopic (exact) mass is 341 g/mol. The minimum absolute atomic E-state index is 0.451. The topological polar surface area (TPSA) is 42.4 Å². The maximum atomic E-state index is 10.2. The fourth-order valence-electron chi connectivity index (χ4n) is 2.75. The molecule has 0 saturated carbocycles. The summed E-state index contributed by atoms with van der Waals surface area (Å²) in [6, 6.07) is 15.4. The zero-order valence-corrected chi connectivity index (χ0v) is 14.8. The van der Waals surface area contributed by atoms with Crippen molar-refractivity contribution in [2.75, 3.05) is 0 Å². The summed E-state index contributed by atoms with van der Waals surface area (Å²) < 4.78 is 5.84. The minimum atomic E-state index is -0.910. The molecule has 24 heavy (non-hydrogen) atoms. The van der Waals surface area contributed by atoms with Crippen LogP contribution in [0.1, 0.15) is 30.7 Å². The zero-order chi connectivity index (χ0) is 17.3. The van der Waals surface area contributed by atoms with Crippen LogP contribution >= 0.6 is 11.6 Å². The van der Waals surface area contributed by atoms with Crippen LogP contribution in [0.4, 0.5) is 0 Å². The Bertz CT molecular complexity index is 884. The van der Waals surface area contributed by atoms with Gasteiger partial charge in [0, 0.05) is 27.7 Å². The van der Waals surface area contributed by atoms with E-state index in [1.807, 2.05) is 55.5 Å². The second-order valence-corrected chi connectivity index (χ2v) is 6.89. The lowest BCUT2D eigenvalue weighted by Gasteiger charge is -2.20. The average Bonchev–Trinajstić information content (AvgIpc) is 2.51. The number of fused-ring (bicyclic) bond motifs is 1. The van der Waals surface area contributed by atoms with Gasteiger partial charge in [0.05, 0.1) is 11.1 Å². The Balaban J connectivity index is 1.86. The number of pyridine rings is 1. The Hall–Kier alpha value is -2.10. The standard InChI is InChI=1S/C20H20ClNO2/c1-13-18(20(2,3)23)10-15-7-8-17(11-19(15)22-13)24-12-14-5-4-6-16(21)9-14/h4-11,23H,12H2,1-3H3. The van der Waals surface area contributed by atoms with E-state index >= 15 is 0 Å². The van der Waals surface area contributed by atoms with Crippen LogP contribution in [0.2, 0.25) is 5.02 Å². The molecule has 4 heteroatoms. The Labute approximate surface area is 146 Å². The predicted octanol–water partition coefficient (Wildman–Crippen LogP) is 5.00. The van der Waals surface area contributed by atoms with Crippen LogP contribution in [-0.2, 0) is 12.2 Å². The quantitative estimate of drug-likeness (QED) is 0.725. The van der Waals surface area contributed by atoms with Crippen molar-refractivity contribution >= 4 is 22.5 Å². The van der Waals surface area contributed by atoms with Crippen LogP contribution in [0.3, 0.4) is 0 Å². The van der Waals surface area contributed by atoms with Gasteiger partial charge in [-0.05, 0) is 56.7 Å². The molecule has 0 aliphatic carbocycles. The van der Waals surface area contributed by atoms with Gasteiger partial charge in [-0.3, -0.25) is 4.98 Å². The van der Waals surface area contributed by atoms with Crippen LogP contribution in [0.25, 0.3) is 10.9 Å². The summed E-state index contributed by atoms with van der Waals surface area (Å²) in [5.74, 6) is 0.755. The molecule has 0 bridgehead atoms. The van der Waals surface area contributed by atoms with E-state index in [0.717, 1.165) is 33.5 Å². The first-order valence-corrected chi connectivity index (χ1v) is 8.22. The van der Waals surface area contributed by atoms with E-state index in [1.54, 1.807) is 13.8 Å². The number of aliphatic hydroxyl groups is 1. The number of hydrogen-bond acceptors (Lipinski definition) is 3. The molecule has 124 valence electrons. The van der Waals surface area contributed by atoms with Gasteiger partial charge in [-0.15, -0.1) is 0 Å². The molecular formula is C20H20ClNO2. The van der Waals surface area contributed by atoms with Gasteiger partial charge in [0.2, 0.25) is 0 Å². The van der Waals surface area contributed by atoms with Crippen molar-refractivity contribution in [2.24, 2.45) is 0 Å². The molecule has 1 aromatic heterocycles. The lowest BCUT2D eigenvalue weighted by molar-refractivity contribution is 0.0777. The van der Waals surface area contributed by atoms with Gasteiger partial charge in [-0.25, -0.2) is 0 Å². The average molecular weight is 342 g/mol. The largest absolute Gasteiger partial charge is 0.489 e. The highest BCUT2D eigenvalue weighted by Gasteiger charge is 2.20. The Kier molecular flexibility index (Phi) is 4.48. The fraction of sp³-hybridized carbons (Fsp3) is 0.250. The summed E-state index contributed by atoms with van der Waals surface area (Å²) in [6.45, 7) is 5.90. The molecule has 0 radical (unpaired) electrons. The molecule has 3 aromatic rings. The second-order valence-electron chi connectivity index (χ2n) is 6.45. The number of rotatable bonds is 4. The van der Waals surface area contributed by atoms with Gasteiger partial charge in [0.25, 0.3) is 0 Å². The highest BCUT2D eigenvalue weighted by molar-refractivity contribution is 6.30. The molecule has 1 heterocycles. The molecule has 0 amide bonds. The number of benzene rings is 2. The first-order chi connectivity index (χ1) is 11.3. The number of aromatic nitrogens is 1. The van der Waals surface area contributed by atoms with Crippen molar-refractivity contribution in [1.82, 2.24) is 4.98 Å². The van der Waals surface area contributed by atoms with E-state index in [9.17, 15) is 5.11 Å². The molecule has 3 nitrogen and oxygen atoms in total. The number of hydrogen-bond donors (Lipinski definition) is 1. The first kappa shape index (κ1) is 16.7. The molecule has 0 saturated heterocycles. The number of aryl methyl sites for hydroxylation is 1.